The van der Waals surface area contributed by atoms with Crippen molar-refractivity contribution in [1.82, 2.24) is 19.7 Å². The van der Waals surface area contributed by atoms with Crippen LogP contribution in [0.4, 0.5) is 0 Å². The molecule has 2 rings (SSSR count). The Morgan fingerprint density at radius 3 is 2.70 bits per heavy atom. The van der Waals surface area contributed by atoms with Gasteiger partial charge in [-0.1, -0.05) is 23.9 Å². The minimum Gasteiger partial charge on any atom is -0.341 e. The van der Waals surface area contributed by atoms with Crippen LogP contribution in [0, 0.1) is 11.3 Å². The van der Waals surface area contributed by atoms with Crippen LogP contribution in [0.1, 0.15) is 31.0 Å². The molecule has 0 saturated carbocycles. The average Bonchev–Trinajstić information content (AvgIpc) is 3.02. The van der Waals surface area contributed by atoms with Crippen LogP contribution in [0.25, 0.3) is 0 Å². The number of nitriles is 1. The van der Waals surface area contributed by atoms with Gasteiger partial charge in [-0.15, -0.1) is 10.2 Å². The number of carbonyl (C=O) groups excluding carboxylic acids is 1. The Morgan fingerprint density at radius 2 is 2.09 bits per heavy atom. The Hall–Kier alpha value is -2.33. The van der Waals surface area contributed by atoms with Gasteiger partial charge in [0.15, 0.2) is 5.16 Å². The molecule has 0 N–H and O–H groups in total. The Kier molecular flexibility index (Phi) is 5.77. The van der Waals surface area contributed by atoms with Crippen LogP contribution in [0.2, 0.25) is 0 Å². The third-order valence-corrected chi connectivity index (χ3v) is 4.29. The van der Waals surface area contributed by atoms with E-state index in [1.165, 1.54) is 11.8 Å². The van der Waals surface area contributed by atoms with Crippen molar-refractivity contribution in [2.45, 2.75) is 31.6 Å². The zero-order chi connectivity index (χ0) is 16.8. The number of carbonyl (C=O) groups is 1. The molecule has 0 aliphatic carbocycles. The maximum Gasteiger partial charge on any atom is 0.233 e. The highest BCUT2D eigenvalue weighted by Crippen LogP contribution is 2.19. The summed E-state index contributed by atoms with van der Waals surface area (Å²) >= 11 is 1.39. The minimum absolute atomic E-state index is 0.0256. The van der Waals surface area contributed by atoms with E-state index in [0.717, 1.165) is 10.7 Å². The number of rotatable bonds is 6. The summed E-state index contributed by atoms with van der Waals surface area (Å²) in [5.74, 6) is 0.343. The van der Waals surface area contributed by atoms with Crippen LogP contribution in [0.3, 0.4) is 0 Å². The third-order valence-electron chi connectivity index (χ3n) is 3.35. The van der Waals surface area contributed by atoms with Crippen molar-refractivity contribution < 1.29 is 4.79 Å². The molecular formula is C16H19N5OS. The fourth-order valence-electron chi connectivity index (χ4n) is 1.97. The van der Waals surface area contributed by atoms with Crippen LogP contribution in [0.5, 0.6) is 0 Å². The molecule has 6 nitrogen and oxygen atoms in total. The Balaban J connectivity index is 1.89. The quantitative estimate of drug-likeness (QED) is 0.761. The maximum absolute atomic E-state index is 12.2. The lowest BCUT2D eigenvalue weighted by molar-refractivity contribution is -0.127. The monoisotopic (exact) mass is 329 g/mol. The van der Waals surface area contributed by atoms with E-state index in [2.05, 4.69) is 16.3 Å². The zero-order valence-electron chi connectivity index (χ0n) is 13.4. The normalized spacial score (nSPS) is 10.6. The van der Waals surface area contributed by atoms with E-state index in [1.807, 2.05) is 30.5 Å². The first kappa shape index (κ1) is 17.0. The van der Waals surface area contributed by atoms with E-state index in [4.69, 9.17) is 5.26 Å². The van der Waals surface area contributed by atoms with Crippen molar-refractivity contribution in [3.05, 3.63) is 41.7 Å². The maximum atomic E-state index is 12.2. The summed E-state index contributed by atoms with van der Waals surface area (Å²) < 4.78 is 1.94. The lowest BCUT2D eigenvalue weighted by atomic mass is 10.1. The van der Waals surface area contributed by atoms with Gasteiger partial charge in [0.1, 0.15) is 6.33 Å². The summed E-state index contributed by atoms with van der Waals surface area (Å²) in [6.45, 7) is 4.61. The van der Waals surface area contributed by atoms with E-state index in [9.17, 15) is 4.79 Å². The molecule has 0 spiro atoms. The summed E-state index contributed by atoms with van der Waals surface area (Å²) in [5, 5.41) is 17.5. The Morgan fingerprint density at radius 1 is 1.39 bits per heavy atom. The lowest BCUT2D eigenvalue weighted by Gasteiger charge is -2.17. The molecule has 120 valence electrons. The van der Waals surface area contributed by atoms with Gasteiger partial charge in [0, 0.05) is 19.6 Å². The van der Waals surface area contributed by atoms with E-state index >= 15 is 0 Å². The van der Waals surface area contributed by atoms with Crippen molar-refractivity contribution in [2.75, 3.05) is 12.8 Å². The first-order chi connectivity index (χ1) is 11.0. The van der Waals surface area contributed by atoms with Gasteiger partial charge in [-0.25, -0.2) is 0 Å². The molecule has 7 heteroatoms. The van der Waals surface area contributed by atoms with Crippen molar-refractivity contribution >= 4 is 17.7 Å². The van der Waals surface area contributed by atoms with E-state index in [-0.39, 0.29) is 11.9 Å². The summed E-state index contributed by atoms with van der Waals surface area (Å²) in [6.07, 6.45) is 1.68. The second-order valence-corrected chi connectivity index (χ2v) is 6.40. The lowest BCUT2D eigenvalue weighted by Crippen LogP contribution is -2.27. The summed E-state index contributed by atoms with van der Waals surface area (Å²) in [6, 6.07) is 9.59. The fraction of sp³-hybridized carbons (Fsp3) is 0.375. The molecule has 1 aromatic carbocycles. The number of hydrogen-bond acceptors (Lipinski definition) is 5. The predicted octanol–water partition coefficient (Wildman–Crippen LogP) is 2.48. The van der Waals surface area contributed by atoms with Crippen LogP contribution in [-0.2, 0) is 11.3 Å². The second-order valence-electron chi connectivity index (χ2n) is 5.46. The number of benzene rings is 1. The highest BCUT2D eigenvalue weighted by atomic mass is 32.2. The van der Waals surface area contributed by atoms with Gasteiger partial charge in [0.25, 0.3) is 0 Å². The van der Waals surface area contributed by atoms with Crippen molar-refractivity contribution in [3.63, 3.8) is 0 Å². The molecule has 1 heterocycles. The predicted molar refractivity (Wildman–Crippen MR) is 88.8 cm³/mol. The van der Waals surface area contributed by atoms with E-state index in [0.29, 0.717) is 17.9 Å². The molecular weight excluding hydrogens is 310 g/mol. The van der Waals surface area contributed by atoms with Crippen LogP contribution in [0.15, 0.2) is 35.7 Å². The van der Waals surface area contributed by atoms with Crippen molar-refractivity contribution in [1.29, 1.82) is 5.26 Å². The average molecular weight is 329 g/mol. The van der Waals surface area contributed by atoms with Crippen LogP contribution < -0.4 is 0 Å². The molecule has 0 radical (unpaired) electrons. The minimum atomic E-state index is 0.0256. The van der Waals surface area contributed by atoms with Crippen LogP contribution >= 0.6 is 11.8 Å². The number of amides is 1. The molecule has 1 amide bonds. The number of nitrogens with zero attached hydrogens (tertiary/aromatic N) is 5. The second kappa shape index (κ2) is 7.79. The Bertz CT molecular complexity index is 702. The van der Waals surface area contributed by atoms with Crippen molar-refractivity contribution in [2.24, 2.45) is 0 Å². The van der Waals surface area contributed by atoms with Gasteiger partial charge >= 0.3 is 0 Å². The molecule has 23 heavy (non-hydrogen) atoms. The number of thioether (sulfide) groups is 1. The van der Waals surface area contributed by atoms with Gasteiger partial charge in [-0.2, -0.15) is 5.26 Å². The van der Waals surface area contributed by atoms with E-state index in [1.54, 1.807) is 30.4 Å². The summed E-state index contributed by atoms with van der Waals surface area (Å²) in [4.78, 5) is 13.9. The highest BCUT2D eigenvalue weighted by Gasteiger charge is 2.13. The molecule has 0 atom stereocenters. The fourth-order valence-corrected chi connectivity index (χ4v) is 2.96. The smallest absolute Gasteiger partial charge is 0.233 e. The standard InChI is InChI=1S/C16H19N5OS/c1-12(2)21-11-18-19-16(21)23-10-15(22)20(3)9-14-6-4-13(8-17)5-7-14/h4-7,11-12H,9-10H2,1-3H3. The van der Waals surface area contributed by atoms with Gasteiger partial charge in [-0.3, -0.25) is 4.79 Å². The topological polar surface area (TPSA) is 74.8 Å². The highest BCUT2D eigenvalue weighted by molar-refractivity contribution is 7.99. The largest absolute Gasteiger partial charge is 0.341 e. The van der Waals surface area contributed by atoms with Gasteiger partial charge in [-0.05, 0) is 31.5 Å². The summed E-state index contributed by atoms with van der Waals surface area (Å²) in [7, 11) is 1.77. The number of hydrogen-bond donors (Lipinski definition) is 0. The molecule has 0 aliphatic heterocycles. The van der Waals surface area contributed by atoms with Crippen LogP contribution in [-0.4, -0.2) is 38.4 Å². The molecule has 0 unspecified atom stereocenters. The first-order valence-electron chi connectivity index (χ1n) is 7.26. The molecule has 1 aromatic heterocycles. The third kappa shape index (κ3) is 4.57. The van der Waals surface area contributed by atoms with Gasteiger partial charge in [0.05, 0.1) is 17.4 Å². The Labute approximate surface area is 140 Å². The molecule has 0 bridgehead atoms. The van der Waals surface area contributed by atoms with E-state index < -0.39 is 0 Å². The van der Waals surface area contributed by atoms with Gasteiger partial charge < -0.3 is 9.47 Å². The van der Waals surface area contributed by atoms with Gasteiger partial charge in [0.2, 0.25) is 5.91 Å². The molecule has 0 fully saturated rings. The summed E-state index contributed by atoms with van der Waals surface area (Å²) in [5.41, 5.74) is 1.61. The van der Waals surface area contributed by atoms with Crippen molar-refractivity contribution in [3.8, 4) is 6.07 Å². The number of aromatic nitrogens is 3. The molecule has 0 aliphatic rings. The zero-order valence-corrected chi connectivity index (χ0v) is 14.2. The molecule has 2 aromatic rings. The first-order valence-corrected chi connectivity index (χ1v) is 8.25. The SMILES string of the molecule is CC(C)n1cnnc1SCC(=O)N(C)Cc1ccc(C#N)cc1. The molecule has 0 saturated heterocycles.